The van der Waals surface area contributed by atoms with Crippen LogP contribution in [-0.2, 0) is 0 Å². The molecular weight excluding hydrogens is 374 g/mol. The number of hydrogen-bond donors (Lipinski definition) is 2. The highest BCUT2D eigenvalue weighted by Crippen LogP contribution is 2.15. The van der Waals surface area contributed by atoms with Crippen LogP contribution in [0.1, 0.15) is 33.2 Å². The summed E-state index contributed by atoms with van der Waals surface area (Å²) in [5.74, 6) is -0.553. The first-order valence-corrected chi connectivity index (χ1v) is 8.98. The van der Waals surface area contributed by atoms with Gasteiger partial charge in [-0.15, -0.1) is 0 Å². The summed E-state index contributed by atoms with van der Waals surface area (Å²) < 4.78 is 0. The van der Waals surface area contributed by atoms with E-state index in [-0.39, 0.29) is 11.8 Å². The van der Waals surface area contributed by atoms with Crippen molar-refractivity contribution in [2.45, 2.75) is 6.92 Å². The molecule has 6 heteroatoms. The number of nitrogens with one attached hydrogen (secondary N) is 2. The number of anilines is 1. The number of hydrazone groups is 1. The highest BCUT2D eigenvalue weighted by atomic mass is 35.5. The zero-order chi connectivity index (χ0) is 19.9. The molecule has 0 aromatic heterocycles. The summed E-state index contributed by atoms with van der Waals surface area (Å²) in [7, 11) is 0. The quantitative estimate of drug-likeness (QED) is 0.487. The van der Waals surface area contributed by atoms with Crippen molar-refractivity contribution in [2.75, 3.05) is 5.32 Å². The maximum absolute atomic E-state index is 12.2. The molecule has 0 aliphatic carbocycles. The largest absolute Gasteiger partial charge is 0.322 e. The van der Waals surface area contributed by atoms with Crippen molar-refractivity contribution >= 4 is 34.8 Å². The molecule has 0 bridgehead atoms. The average molecular weight is 392 g/mol. The van der Waals surface area contributed by atoms with Crippen LogP contribution in [0, 0.1) is 0 Å². The number of nitrogens with zero attached hydrogens (tertiary/aromatic N) is 1. The number of benzene rings is 3. The van der Waals surface area contributed by atoms with Gasteiger partial charge in [-0.2, -0.15) is 5.10 Å². The Kier molecular flexibility index (Phi) is 6.19. The summed E-state index contributed by atoms with van der Waals surface area (Å²) in [6.45, 7) is 1.78. The molecule has 0 spiro atoms. The number of hydrogen-bond acceptors (Lipinski definition) is 3. The van der Waals surface area contributed by atoms with E-state index in [1.165, 1.54) is 0 Å². The van der Waals surface area contributed by atoms with Crippen LogP contribution in [0.25, 0.3) is 0 Å². The predicted octanol–water partition coefficient (Wildman–Crippen LogP) is 4.75. The molecule has 0 atom stereocenters. The molecule has 0 aliphatic heterocycles. The smallest absolute Gasteiger partial charge is 0.272 e. The zero-order valence-corrected chi connectivity index (χ0v) is 15.9. The minimum atomic E-state index is -0.378. The third-order valence-electron chi connectivity index (χ3n) is 4.04. The fourth-order valence-electron chi connectivity index (χ4n) is 2.49. The van der Waals surface area contributed by atoms with Crippen molar-refractivity contribution in [3.05, 3.63) is 101 Å². The summed E-state index contributed by atoms with van der Waals surface area (Å²) >= 11 is 6.01. The van der Waals surface area contributed by atoms with E-state index < -0.39 is 0 Å². The Morgan fingerprint density at radius 3 is 2.11 bits per heavy atom. The van der Waals surface area contributed by atoms with E-state index in [0.29, 0.717) is 27.5 Å². The Labute approximate surface area is 168 Å². The minimum Gasteiger partial charge on any atom is -0.322 e. The van der Waals surface area contributed by atoms with Gasteiger partial charge in [0.25, 0.3) is 11.8 Å². The maximum atomic E-state index is 12.2. The Bertz CT molecular complexity index is 1020. The van der Waals surface area contributed by atoms with E-state index in [0.717, 1.165) is 5.56 Å². The van der Waals surface area contributed by atoms with Gasteiger partial charge >= 0.3 is 0 Å². The van der Waals surface area contributed by atoms with Gasteiger partial charge in [0, 0.05) is 11.3 Å². The van der Waals surface area contributed by atoms with Crippen LogP contribution >= 0.6 is 11.6 Å². The fraction of sp³-hybridized carbons (Fsp3) is 0.0455. The number of rotatable bonds is 5. The molecule has 0 heterocycles. The van der Waals surface area contributed by atoms with Gasteiger partial charge in [-0.05, 0) is 48.9 Å². The highest BCUT2D eigenvalue weighted by Gasteiger charge is 2.09. The molecule has 2 amide bonds. The molecule has 3 rings (SSSR count). The highest BCUT2D eigenvalue weighted by molar-refractivity contribution is 6.33. The molecule has 0 fully saturated rings. The summed E-state index contributed by atoms with van der Waals surface area (Å²) in [4.78, 5) is 24.3. The molecule has 0 unspecified atom stereocenters. The molecule has 28 heavy (non-hydrogen) atoms. The standard InChI is InChI=1S/C22H18ClN3O2/c1-15(25-26-22(28)19-9-5-6-10-20(19)23)16-11-13-18(14-12-16)24-21(27)17-7-3-2-4-8-17/h2-14H,1H3,(H,24,27)(H,26,28)/b25-15-. The molecule has 5 nitrogen and oxygen atoms in total. The van der Waals surface area contributed by atoms with Gasteiger partial charge in [0.15, 0.2) is 0 Å². The molecule has 140 valence electrons. The number of halogens is 1. The van der Waals surface area contributed by atoms with Crippen LogP contribution in [0.3, 0.4) is 0 Å². The zero-order valence-electron chi connectivity index (χ0n) is 15.1. The van der Waals surface area contributed by atoms with Gasteiger partial charge in [-0.1, -0.05) is 54.1 Å². The predicted molar refractivity (Wildman–Crippen MR) is 112 cm³/mol. The second kappa shape index (κ2) is 8.97. The number of amides is 2. The maximum Gasteiger partial charge on any atom is 0.272 e. The second-order valence-electron chi connectivity index (χ2n) is 6.02. The van der Waals surface area contributed by atoms with Crippen molar-refractivity contribution in [2.24, 2.45) is 5.10 Å². The second-order valence-corrected chi connectivity index (χ2v) is 6.42. The van der Waals surface area contributed by atoms with E-state index in [4.69, 9.17) is 11.6 Å². The van der Waals surface area contributed by atoms with Gasteiger partial charge in [0.05, 0.1) is 16.3 Å². The fourth-order valence-corrected chi connectivity index (χ4v) is 2.71. The van der Waals surface area contributed by atoms with Gasteiger partial charge in [-0.3, -0.25) is 9.59 Å². The van der Waals surface area contributed by atoms with Crippen molar-refractivity contribution in [1.29, 1.82) is 0 Å². The molecule has 2 N–H and O–H groups in total. The first-order chi connectivity index (χ1) is 13.5. The van der Waals surface area contributed by atoms with Crippen LogP contribution in [0.15, 0.2) is 84.0 Å². The first-order valence-electron chi connectivity index (χ1n) is 8.60. The van der Waals surface area contributed by atoms with E-state index in [9.17, 15) is 9.59 Å². The summed E-state index contributed by atoms with van der Waals surface area (Å²) in [6.07, 6.45) is 0. The monoisotopic (exact) mass is 391 g/mol. The minimum absolute atomic E-state index is 0.175. The number of carbonyl (C=O) groups excluding carboxylic acids is 2. The molecule has 0 saturated heterocycles. The molecular formula is C22H18ClN3O2. The molecule has 0 saturated carbocycles. The first kappa shape index (κ1) is 19.3. The normalized spacial score (nSPS) is 11.0. The SMILES string of the molecule is C/C(=N/NC(=O)c1ccccc1Cl)c1ccc(NC(=O)c2ccccc2)cc1. The lowest BCUT2D eigenvalue weighted by molar-refractivity contribution is 0.0954. The van der Waals surface area contributed by atoms with Crippen molar-refractivity contribution in [1.82, 2.24) is 5.43 Å². The lowest BCUT2D eigenvalue weighted by Crippen LogP contribution is -2.19. The molecule has 0 radical (unpaired) electrons. The van der Waals surface area contributed by atoms with Gasteiger partial charge < -0.3 is 5.32 Å². The van der Waals surface area contributed by atoms with Crippen LogP contribution < -0.4 is 10.7 Å². The van der Waals surface area contributed by atoms with Crippen molar-refractivity contribution in [3.63, 3.8) is 0 Å². The third kappa shape index (κ3) is 4.84. The molecule has 0 aliphatic rings. The van der Waals surface area contributed by atoms with Gasteiger partial charge in [-0.25, -0.2) is 5.43 Å². The van der Waals surface area contributed by atoms with Crippen LogP contribution in [0.5, 0.6) is 0 Å². The topological polar surface area (TPSA) is 70.6 Å². The summed E-state index contributed by atoms with van der Waals surface area (Å²) in [6, 6.07) is 23.0. The molecule has 3 aromatic carbocycles. The van der Waals surface area contributed by atoms with E-state index in [2.05, 4.69) is 15.8 Å². The molecule has 3 aromatic rings. The lowest BCUT2D eigenvalue weighted by atomic mass is 10.1. The van der Waals surface area contributed by atoms with E-state index >= 15 is 0 Å². The van der Waals surface area contributed by atoms with Crippen LogP contribution in [0.4, 0.5) is 5.69 Å². The average Bonchev–Trinajstić information content (AvgIpc) is 2.73. The number of carbonyl (C=O) groups is 2. The lowest BCUT2D eigenvalue weighted by Gasteiger charge is -2.07. The Morgan fingerprint density at radius 1 is 0.786 bits per heavy atom. The summed E-state index contributed by atoms with van der Waals surface area (Å²) in [5, 5.41) is 7.33. The van der Waals surface area contributed by atoms with Crippen LogP contribution in [-0.4, -0.2) is 17.5 Å². The van der Waals surface area contributed by atoms with Crippen molar-refractivity contribution < 1.29 is 9.59 Å². The van der Waals surface area contributed by atoms with E-state index in [1.54, 1.807) is 55.5 Å². The Morgan fingerprint density at radius 2 is 1.43 bits per heavy atom. The summed E-state index contributed by atoms with van der Waals surface area (Å²) in [5.41, 5.74) is 5.57. The Hall–Kier alpha value is -3.44. The van der Waals surface area contributed by atoms with Crippen LogP contribution in [0.2, 0.25) is 5.02 Å². The third-order valence-corrected chi connectivity index (χ3v) is 4.37. The van der Waals surface area contributed by atoms with E-state index in [1.807, 2.05) is 30.3 Å². The van der Waals surface area contributed by atoms with Crippen molar-refractivity contribution in [3.8, 4) is 0 Å². The van der Waals surface area contributed by atoms with Gasteiger partial charge in [0.1, 0.15) is 0 Å². The Balaban J connectivity index is 1.64. The van der Waals surface area contributed by atoms with Gasteiger partial charge in [0.2, 0.25) is 0 Å².